The standard InChI is InChI=1S/C17H15FN4O/c1-2-22-16(23)14-5-3-4-6-15(14)20-17(22)21-19-11-12-7-9-13(18)10-8-12/h3-11H,2H2,1H3,(H,20,21)/b19-11-. The van der Waals surface area contributed by atoms with Crippen molar-refractivity contribution in [1.82, 2.24) is 9.55 Å². The zero-order valence-corrected chi connectivity index (χ0v) is 12.5. The average Bonchev–Trinajstić information content (AvgIpc) is 2.57. The number of rotatable bonds is 4. The fourth-order valence-corrected chi connectivity index (χ4v) is 2.26. The minimum atomic E-state index is -0.300. The van der Waals surface area contributed by atoms with Crippen LogP contribution in [0.25, 0.3) is 10.9 Å². The summed E-state index contributed by atoms with van der Waals surface area (Å²) >= 11 is 0. The van der Waals surface area contributed by atoms with E-state index in [9.17, 15) is 9.18 Å². The molecule has 0 atom stereocenters. The number of nitrogens with one attached hydrogen (secondary N) is 1. The monoisotopic (exact) mass is 310 g/mol. The van der Waals surface area contributed by atoms with Crippen molar-refractivity contribution in [2.24, 2.45) is 5.10 Å². The summed E-state index contributed by atoms with van der Waals surface area (Å²) in [6.07, 6.45) is 1.54. The van der Waals surface area contributed by atoms with Crippen LogP contribution in [0.15, 0.2) is 58.4 Å². The lowest BCUT2D eigenvalue weighted by atomic mass is 10.2. The number of hydrazone groups is 1. The molecule has 0 radical (unpaired) electrons. The molecule has 6 heteroatoms. The summed E-state index contributed by atoms with van der Waals surface area (Å²) < 4.78 is 14.4. The minimum absolute atomic E-state index is 0.113. The van der Waals surface area contributed by atoms with E-state index in [1.54, 1.807) is 30.5 Å². The second kappa shape index (κ2) is 6.39. The van der Waals surface area contributed by atoms with E-state index >= 15 is 0 Å². The molecule has 1 aromatic heterocycles. The highest BCUT2D eigenvalue weighted by Crippen LogP contribution is 2.11. The third kappa shape index (κ3) is 3.11. The van der Waals surface area contributed by atoms with E-state index in [-0.39, 0.29) is 11.4 Å². The molecule has 1 heterocycles. The van der Waals surface area contributed by atoms with Gasteiger partial charge in [0.1, 0.15) is 5.82 Å². The zero-order valence-electron chi connectivity index (χ0n) is 12.5. The maximum atomic E-state index is 12.9. The highest BCUT2D eigenvalue weighted by Gasteiger charge is 2.08. The van der Waals surface area contributed by atoms with Gasteiger partial charge in [0.15, 0.2) is 0 Å². The SMILES string of the molecule is CCn1c(N/N=C\c2ccc(F)cc2)nc2ccccc2c1=O. The minimum Gasteiger partial charge on any atom is -0.277 e. The van der Waals surface area contributed by atoms with Gasteiger partial charge in [0.25, 0.3) is 5.56 Å². The topological polar surface area (TPSA) is 59.3 Å². The van der Waals surface area contributed by atoms with Crippen LogP contribution in [-0.4, -0.2) is 15.8 Å². The first kappa shape index (κ1) is 14.9. The number of nitrogens with zero attached hydrogens (tertiary/aromatic N) is 3. The molecule has 0 aliphatic rings. The van der Waals surface area contributed by atoms with Crippen LogP contribution in [0.1, 0.15) is 12.5 Å². The first-order chi connectivity index (χ1) is 11.2. The third-order valence-electron chi connectivity index (χ3n) is 3.43. The van der Waals surface area contributed by atoms with Crippen LogP contribution in [-0.2, 0) is 6.54 Å². The summed E-state index contributed by atoms with van der Waals surface area (Å²) in [5, 5.41) is 4.65. The lowest BCUT2D eigenvalue weighted by molar-refractivity contribution is 0.628. The maximum Gasteiger partial charge on any atom is 0.262 e. The Bertz CT molecular complexity index is 916. The van der Waals surface area contributed by atoms with E-state index in [0.29, 0.717) is 23.4 Å². The van der Waals surface area contributed by atoms with Crippen LogP contribution in [0.2, 0.25) is 0 Å². The second-order valence-electron chi connectivity index (χ2n) is 4.92. The van der Waals surface area contributed by atoms with E-state index < -0.39 is 0 Å². The Morgan fingerprint density at radius 1 is 1.22 bits per heavy atom. The summed E-state index contributed by atoms with van der Waals surface area (Å²) in [5.74, 6) is 0.0701. The quantitative estimate of drug-likeness (QED) is 0.595. The number of hydrogen-bond acceptors (Lipinski definition) is 4. The molecule has 0 unspecified atom stereocenters. The molecule has 2 aromatic carbocycles. The van der Waals surface area contributed by atoms with Crippen LogP contribution in [0.4, 0.5) is 10.3 Å². The van der Waals surface area contributed by atoms with E-state index in [0.717, 1.165) is 5.56 Å². The Balaban J connectivity index is 1.93. The van der Waals surface area contributed by atoms with Crippen molar-refractivity contribution >= 4 is 23.1 Å². The summed E-state index contributed by atoms with van der Waals surface area (Å²) in [6, 6.07) is 13.1. The summed E-state index contributed by atoms with van der Waals surface area (Å²) in [4.78, 5) is 16.9. The van der Waals surface area contributed by atoms with Gasteiger partial charge in [0.2, 0.25) is 5.95 Å². The summed E-state index contributed by atoms with van der Waals surface area (Å²) in [7, 11) is 0. The summed E-state index contributed by atoms with van der Waals surface area (Å²) in [5.41, 5.74) is 4.03. The Morgan fingerprint density at radius 2 is 1.96 bits per heavy atom. The zero-order chi connectivity index (χ0) is 16.2. The van der Waals surface area contributed by atoms with Crippen molar-refractivity contribution in [3.05, 3.63) is 70.3 Å². The predicted molar refractivity (Wildman–Crippen MR) is 89.3 cm³/mol. The molecule has 0 spiro atoms. The van der Waals surface area contributed by atoms with Gasteiger partial charge >= 0.3 is 0 Å². The van der Waals surface area contributed by atoms with E-state index in [1.165, 1.54) is 16.7 Å². The fourth-order valence-electron chi connectivity index (χ4n) is 2.26. The normalized spacial score (nSPS) is 11.2. The fraction of sp³-hybridized carbons (Fsp3) is 0.118. The Labute approximate surface area is 132 Å². The van der Waals surface area contributed by atoms with E-state index in [4.69, 9.17) is 0 Å². The molecule has 23 heavy (non-hydrogen) atoms. The van der Waals surface area contributed by atoms with Gasteiger partial charge in [0.05, 0.1) is 17.1 Å². The summed E-state index contributed by atoms with van der Waals surface area (Å²) in [6.45, 7) is 2.35. The number of halogens is 1. The number of hydrogen-bond donors (Lipinski definition) is 1. The number of fused-ring (bicyclic) bond motifs is 1. The molecule has 5 nitrogen and oxygen atoms in total. The van der Waals surface area contributed by atoms with Crippen LogP contribution in [0.3, 0.4) is 0 Å². The van der Waals surface area contributed by atoms with Crippen LogP contribution in [0, 0.1) is 5.82 Å². The van der Waals surface area contributed by atoms with Crippen molar-refractivity contribution in [1.29, 1.82) is 0 Å². The lowest BCUT2D eigenvalue weighted by Crippen LogP contribution is -2.23. The highest BCUT2D eigenvalue weighted by atomic mass is 19.1. The second-order valence-corrected chi connectivity index (χ2v) is 4.92. The van der Waals surface area contributed by atoms with E-state index in [1.807, 2.05) is 19.1 Å². The van der Waals surface area contributed by atoms with Crippen molar-refractivity contribution < 1.29 is 4.39 Å². The molecule has 0 aliphatic heterocycles. The van der Waals surface area contributed by atoms with Gasteiger partial charge in [0, 0.05) is 6.54 Å². The van der Waals surface area contributed by atoms with Gasteiger partial charge in [-0.3, -0.25) is 9.36 Å². The number of anilines is 1. The Hall–Kier alpha value is -3.02. The largest absolute Gasteiger partial charge is 0.277 e. The van der Waals surface area contributed by atoms with Crippen molar-refractivity contribution in [2.75, 3.05) is 5.43 Å². The molecule has 116 valence electrons. The molecule has 0 fully saturated rings. The van der Waals surface area contributed by atoms with Crippen LogP contribution >= 0.6 is 0 Å². The Kier molecular flexibility index (Phi) is 4.14. The van der Waals surface area contributed by atoms with E-state index in [2.05, 4.69) is 15.5 Å². The number of benzene rings is 2. The van der Waals surface area contributed by atoms with Gasteiger partial charge in [-0.1, -0.05) is 24.3 Å². The molecule has 0 saturated carbocycles. The molecule has 3 aromatic rings. The van der Waals surface area contributed by atoms with Crippen molar-refractivity contribution in [3.8, 4) is 0 Å². The van der Waals surface area contributed by atoms with Gasteiger partial charge in [-0.15, -0.1) is 0 Å². The first-order valence-corrected chi connectivity index (χ1v) is 7.23. The third-order valence-corrected chi connectivity index (χ3v) is 3.43. The number of aromatic nitrogens is 2. The van der Waals surface area contributed by atoms with Gasteiger partial charge in [-0.2, -0.15) is 5.10 Å². The molecule has 0 amide bonds. The molecule has 0 aliphatic carbocycles. The molecule has 0 bridgehead atoms. The molecular formula is C17H15FN4O. The highest BCUT2D eigenvalue weighted by molar-refractivity contribution is 5.80. The predicted octanol–water partition coefficient (Wildman–Crippen LogP) is 3.00. The first-order valence-electron chi connectivity index (χ1n) is 7.23. The average molecular weight is 310 g/mol. The van der Waals surface area contributed by atoms with Crippen LogP contribution < -0.4 is 11.0 Å². The van der Waals surface area contributed by atoms with Crippen LogP contribution in [0.5, 0.6) is 0 Å². The molecule has 1 N–H and O–H groups in total. The van der Waals surface area contributed by atoms with Gasteiger partial charge in [-0.05, 0) is 36.8 Å². The smallest absolute Gasteiger partial charge is 0.262 e. The number of para-hydroxylation sites is 1. The van der Waals surface area contributed by atoms with Crippen molar-refractivity contribution in [2.45, 2.75) is 13.5 Å². The van der Waals surface area contributed by atoms with Gasteiger partial charge in [-0.25, -0.2) is 14.8 Å². The molecule has 0 saturated heterocycles. The van der Waals surface area contributed by atoms with Gasteiger partial charge < -0.3 is 0 Å². The Morgan fingerprint density at radius 3 is 2.70 bits per heavy atom. The lowest BCUT2D eigenvalue weighted by Gasteiger charge is -2.10. The molecular weight excluding hydrogens is 295 g/mol. The van der Waals surface area contributed by atoms with Crippen molar-refractivity contribution in [3.63, 3.8) is 0 Å². The maximum absolute atomic E-state index is 12.9. The molecule has 3 rings (SSSR count).